The molecule has 0 aliphatic carbocycles. The Morgan fingerprint density at radius 2 is 2.41 bits per heavy atom. The number of nitrogens with zero attached hydrogens (tertiary/aromatic N) is 2. The van der Waals surface area contributed by atoms with Crippen molar-refractivity contribution in [2.24, 2.45) is 5.92 Å². The number of nitrogens with one attached hydrogen (secondary N) is 1. The van der Waals surface area contributed by atoms with Crippen molar-refractivity contribution >= 4 is 11.6 Å². The van der Waals surface area contributed by atoms with Crippen LogP contribution in [0.25, 0.3) is 5.65 Å². The standard InChI is InChI=1S/C12H15N3O2/c1-9(8-16)6-14-12(17)10-7-13-11-4-2-3-5-15(10)11/h2-5,7,9,16H,6,8H2,1H3,(H,14,17). The molecular weight excluding hydrogens is 218 g/mol. The van der Waals surface area contributed by atoms with E-state index < -0.39 is 0 Å². The Morgan fingerprint density at radius 1 is 1.59 bits per heavy atom. The second kappa shape index (κ2) is 4.97. The minimum Gasteiger partial charge on any atom is -0.396 e. The average molecular weight is 233 g/mol. The Bertz CT molecular complexity index is 521. The molecule has 2 N–H and O–H groups in total. The number of carbonyl (C=O) groups excluding carboxylic acids is 1. The molecule has 0 aliphatic heterocycles. The van der Waals surface area contributed by atoms with Crippen LogP contribution in [0.15, 0.2) is 30.6 Å². The topological polar surface area (TPSA) is 66.6 Å². The predicted molar refractivity (Wildman–Crippen MR) is 63.8 cm³/mol. The van der Waals surface area contributed by atoms with Gasteiger partial charge in [0.05, 0.1) is 6.20 Å². The number of hydrogen-bond donors (Lipinski definition) is 2. The third-order valence-electron chi connectivity index (χ3n) is 2.57. The first-order valence-corrected chi connectivity index (χ1v) is 5.53. The zero-order valence-corrected chi connectivity index (χ0v) is 9.63. The molecule has 2 rings (SSSR count). The lowest BCUT2D eigenvalue weighted by molar-refractivity contribution is 0.0936. The van der Waals surface area contributed by atoms with E-state index in [1.54, 1.807) is 16.8 Å². The van der Waals surface area contributed by atoms with Crippen LogP contribution < -0.4 is 5.32 Å². The Hall–Kier alpha value is -1.88. The number of fused-ring (bicyclic) bond motifs is 1. The lowest BCUT2D eigenvalue weighted by Crippen LogP contribution is -2.30. The van der Waals surface area contributed by atoms with Gasteiger partial charge in [0.1, 0.15) is 11.3 Å². The molecule has 0 fully saturated rings. The van der Waals surface area contributed by atoms with Crippen molar-refractivity contribution in [2.45, 2.75) is 6.92 Å². The van der Waals surface area contributed by atoms with Crippen LogP contribution in [0.1, 0.15) is 17.4 Å². The largest absolute Gasteiger partial charge is 0.396 e. The zero-order chi connectivity index (χ0) is 12.3. The molecule has 90 valence electrons. The number of aliphatic hydroxyl groups is 1. The second-order valence-corrected chi connectivity index (χ2v) is 4.07. The lowest BCUT2D eigenvalue weighted by Gasteiger charge is -2.09. The minimum absolute atomic E-state index is 0.0538. The van der Waals surface area contributed by atoms with Gasteiger partial charge < -0.3 is 10.4 Å². The Kier molecular flexibility index (Phi) is 3.39. The van der Waals surface area contributed by atoms with E-state index in [0.29, 0.717) is 12.2 Å². The molecular formula is C12H15N3O2. The number of hydrogen-bond acceptors (Lipinski definition) is 3. The molecule has 0 radical (unpaired) electrons. The molecule has 0 bridgehead atoms. The van der Waals surface area contributed by atoms with E-state index in [1.807, 2.05) is 25.1 Å². The normalized spacial score (nSPS) is 12.6. The molecule has 1 atom stereocenters. The smallest absolute Gasteiger partial charge is 0.269 e. The van der Waals surface area contributed by atoms with Crippen LogP contribution in [0.5, 0.6) is 0 Å². The van der Waals surface area contributed by atoms with Crippen LogP contribution in [-0.2, 0) is 0 Å². The molecule has 1 amide bonds. The van der Waals surface area contributed by atoms with Crippen LogP contribution in [-0.4, -0.2) is 33.6 Å². The highest BCUT2D eigenvalue weighted by Crippen LogP contribution is 2.05. The molecule has 0 aromatic carbocycles. The third kappa shape index (κ3) is 2.45. The van der Waals surface area contributed by atoms with Gasteiger partial charge in [-0.25, -0.2) is 4.98 Å². The molecule has 2 aromatic rings. The number of amides is 1. The van der Waals surface area contributed by atoms with E-state index >= 15 is 0 Å². The van der Waals surface area contributed by atoms with Gasteiger partial charge in [0, 0.05) is 19.3 Å². The second-order valence-electron chi connectivity index (χ2n) is 4.07. The quantitative estimate of drug-likeness (QED) is 0.816. The summed E-state index contributed by atoms with van der Waals surface area (Å²) in [6, 6.07) is 5.56. The summed E-state index contributed by atoms with van der Waals surface area (Å²) < 4.78 is 1.74. The summed E-state index contributed by atoms with van der Waals surface area (Å²) in [5.74, 6) is -0.123. The summed E-state index contributed by atoms with van der Waals surface area (Å²) in [6.07, 6.45) is 3.35. The number of pyridine rings is 1. The number of rotatable bonds is 4. The third-order valence-corrected chi connectivity index (χ3v) is 2.57. The maximum Gasteiger partial charge on any atom is 0.269 e. The fraction of sp³-hybridized carbons (Fsp3) is 0.333. The fourth-order valence-electron chi connectivity index (χ4n) is 1.52. The summed E-state index contributed by atoms with van der Waals surface area (Å²) in [7, 11) is 0. The maximum atomic E-state index is 11.9. The van der Waals surface area contributed by atoms with E-state index in [2.05, 4.69) is 10.3 Å². The molecule has 2 aromatic heterocycles. The first kappa shape index (κ1) is 11.6. The SMILES string of the molecule is CC(CO)CNC(=O)c1cnc2ccccn12. The molecule has 1 unspecified atom stereocenters. The summed E-state index contributed by atoms with van der Waals surface area (Å²) in [5, 5.41) is 11.6. The van der Waals surface area contributed by atoms with Gasteiger partial charge in [-0.05, 0) is 18.1 Å². The van der Waals surface area contributed by atoms with Crippen LogP contribution in [0.3, 0.4) is 0 Å². The number of imidazole rings is 1. The van der Waals surface area contributed by atoms with Gasteiger partial charge in [0.25, 0.3) is 5.91 Å². The van der Waals surface area contributed by atoms with Gasteiger partial charge >= 0.3 is 0 Å². The van der Waals surface area contributed by atoms with Gasteiger partial charge in [-0.2, -0.15) is 0 Å². The first-order valence-electron chi connectivity index (χ1n) is 5.53. The van der Waals surface area contributed by atoms with Crippen molar-refractivity contribution in [3.63, 3.8) is 0 Å². The molecule has 0 saturated heterocycles. The molecule has 5 nitrogen and oxygen atoms in total. The maximum absolute atomic E-state index is 11.9. The van der Waals surface area contributed by atoms with E-state index in [-0.39, 0.29) is 18.4 Å². The van der Waals surface area contributed by atoms with Crippen molar-refractivity contribution in [1.29, 1.82) is 0 Å². The Balaban J connectivity index is 2.14. The van der Waals surface area contributed by atoms with Crippen LogP contribution in [0.4, 0.5) is 0 Å². The summed E-state index contributed by atoms with van der Waals surface area (Å²) in [4.78, 5) is 16.0. The van der Waals surface area contributed by atoms with Gasteiger partial charge in [-0.15, -0.1) is 0 Å². The highest BCUT2D eigenvalue weighted by atomic mass is 16.3. The summed E-state index contributed by atoms with van der Waals surface area (Å²) in [5.41, 5.74) is 1.25. The Morgan fingerprint density at radius 3 is 3.18 bits per heavy atom. The van der Waals surface area contributed by atoms with E-state index in [0.717, 1.165) is 5.65 Å². The molecule has 0 saturated carbocycles. The first-order chi connectivity index (χ1) is 8.22. The molecule has 0 spiro atoms. The molecule has 0 aliphatic rings. The van der Waals surface area contributed by atoms with E-state index in [4.69, 9.17) is 5.11 Å². The fourth-order valence-corrected chi connectivity index (χ4v) is 1.52. The Labute approximate surface area is 99.1 Å². The van der Waals surface area contributed by atoms with Gasteiger partial charge in [0.15, 0.2) is 0 Å². The number of aliphatic hydroxyl groups excluding tert-OH is 1. The van der Waals surface area contributed by atoms with Crippen LogP contribution >= 0.6 is 0 Å². The summed E-state index contributed by atoms with van der Waals surface area (Å²) in [6.45, 7) is 2.39. The highest BCUT2D eigenvalue weighted by molar-refractivity contribution is 5.93. The van der Waals surface area contributed by atoms with Gasteiger partial charge in [-0.3, -0.25) is 9.20 Å². The molecule has 2 heterocycles. The van der Waals surface area contributed by atoms with Crippen molar-refractivity contribution in [3.8, 4) is 0 Å². The average Bonchev–Trinajstić information content (AvgIpc) is 2.79. The van der Waals surface area contributed by atoms with Crippen LogP contribution in [0.2, 0.25) is 0 Å². The van der Waals surface area contributed by atoms with Crippen molar-refractivity contribution < 1.29 is 9.90 Å². The van der Waals surface area contributed by atoms with Crippen molar-refractivity contribution in [2.75, 3.05) is 13.2 Å². The minimum atomic E-state index is -0.177. The van der Waals surface area contributed by atoms with Crippen molar-refractivity contribution in [1.82, 2.24) is 14.7 Å². The summed E-state index contributed by atoms with van der Waals surface area (Å²) >= 11 is 0. The van der Waals surface area contributed by atoms with Gasteiger partial charge in [0.2, 0.25) is 0 Å². The molecule has 17 heavy (non-hydrogen) atoms. The predicted octanol–water partition coefficient (Wildman–Crippen LogP) is 0.692. The highest BCUT2D eigenvalue weighted by Gasteiger charge is 2.11. The zero-order valence-electron chi connectivity index (χ0n) is 9.63. The van der Waals surface area contributed by atoms with Crippen LogP contribution in [0, 0.1) is 5.92 Å². The van der Waals surface area contributed by atoms with Gasteiger partial charge in [-0.1, -0.05) is 13.0 Å². The number of aromatic nitrogens is 2. The lowest BCUT2D eigenvalue weighted by atomic mass is 10.2. The molecule has 5 heteroatoms. The van der Waals surface area contributed by atoms with Crippen molar-refractivity contribution in [3.05, 3.63) is 36.3 Å². The monoisotopic (exact) mass is 233 g/mol. The number of carbonyl (C=O) groups is 1. The van der Waals surface area contributed by atoms with E-state index in [9.17, 15) is 4.79 Å². The van der Waals surface area contributed by atoms with E-state index in [1.165, 1.54) is 0 Å².